The number of hydrogen-bond acceptors (Lipinski definition) is 4. The van der Waals surface area contributed by atoms with Crippen molar-refractivity contribution in [2.45, 2.75) is 49.8 Å². The van der Waals surface area contributed by atoms with Crippen LogP contribution in [0.15, 0.2) is 53.4 Å². The van der Waals surface area contributed by atoms with Gasteiger partial charge in [0, 0.05) is 19.0 Å². The van der Waals surface area contributed by atoms with Gasteiger partial charge in [-0.2, -0.15) is 8.78 Å². The molecule has 29 heavy (non-hydrogen) atoms. The summed E-state index contributed by atoms with van der Waals surface area (Å²) in [4.78, 5) is 12.2. The van der Waals surface area contributed by atoms with Gasteiger partial charge in [-0.25, -0.2) is 13.1 Å². The number of aryl methyl sites for hydroxylation is 1. The molecule has 9 heteroatoms. The molecule has 2 N–H and O–H groups in total. The van der Waals surface area contributed by atoms with Crippen LogP contribution >= 0.6 is 0 Å². The summed E-state index contributed by atoms with van der Waals surface area (Å²) in [6, 6.07) is 12.6. The van der Waals surface area contributed by atoms with Crippen molar-refractivity contribution >= 4 is 15.9 Å². The van der Waals surface area contributed by atoms with Gasteiger partial charge in [0.2, 0.25) is 15.9 Å². The first-order chi connectivity index (χ1) is 13.8. The van der Waals surface area contributed by atoms with Crippen LogP contribution in [0.2, 0.25) is 0 Å². The van der Waals surface area contributed by atoms with Crippen LogP contribution in [0.3, 0.4) is 0 Å². The van der Waals surface area contributed by atoms with Crippen LogP contribution in [-0.4, -0.2) is 27.0 Å². The van der Waals surface area contributed by atoms with Crippen molar-refractivity contribution in [3.8, 4) is 5.75 Å². The molecule has 3 rings (SSSR count). The van der Waals surface area contributed by atoms with Crippen LogP contribution in [0, 0.1) is 0 Å². The molecule has 1 aliphatic rings. The molecule has 1 aliphatic carbocycles. The molecule has 1 fully saturated rings. The molecule has 156 valence electrons. The van der Waals surface area contributed by atoms with Gasteiger partial charge in [0.05, 0.1) is 4.90 Å². The molecule has 0 bridgehead atoms. The summed E-state index contributed by atoms with van der Waals surface area (Å²) in [7, 11) is -3.48. The van der Waals surface area contributed by atoms with Crippen LogP contribution in [0.5, 0.6) is 5.75 Å². The number of hydrogen-bond donors (Lipinski definition) is 2. The quantitative estimate of drug-likeness (QED) is 0.614. The van der Waals surface area contributed by atoms with Crippen molar-refractivity contribution in [3.05, 3.63) is 59.7 Å². The van der Waals surface area contributed by atoms with E-state index in [1.54, 1.807) is 24.3 Å². The van der Waals surface area contributed by atoms with E-state index in [2.05, 4.69) is 14.8 Å². The molecule has 0 atom stereocenters. The summed E-state index contributed by atoms with van der Waals surface area (Å²) in [5.41, 5.74) is 1.62. The number of halogens is 2. The summed E-state index contributed by atoms with van der Waals surface area (Å²) >= 11 is 0. The minimum Gasteiger partial charge on any atom is -0.435 e. The maximum absolute atomic E-state index is 12.1. The zero-order valence-corrected chi connectivity index (χ0v) is 16.4. The molecule has 0 radical (unpaired) electrons. The lowest BCUT2D eigenvalue weighted by Crippen LogP contribution is -2.26. The van der Waals surface area contributed by atoms with Crippen molar-refractivity contribution in [1.82, 2.24) is 10.0 Å². The first kappa shape index (κ1) is 21.2. The molecule has 0 aliphatic heterocycles. The third-order valence-electron chi connectivity index (χ3n) is 4.41. The minimum atomic E-state index is -3.48. The number of carbonyl (C=O) groups excluding carboxylic acids is 1. The molecule has 2 aromatic rings. The second kappa shape index (κ2) is 9.32. The van der Waals surface area contributed by atoms with E-state index in [9.17, 15) is 22.0 Å². The van der Waals surface area contributed by atoms with E-state index in [0.29, 0.717) is 6.42 Å². The van der Waals surface area contributed by atoms with Crippen molar-refractivity contribution < 1.29 is 26.7 Å². The number of ether oxygens (including phenoxy) is 1. The van der Waals surface area contributed by atoms with E-state index in [0.717, 1.165) is 24.0 Å². The van der Waals surface area contributed by atoms with E-state index in [4.69, 9.17) is 0 Å². The predicted molar refractivity (Wildman–Crippen MR) is 103 cm³/mol. The van der Waals surface area contributed by atoms with Crippen LogP contribution in [0.1, 0.15) is 30.4 Å². The van der Waals surface area contributed by atoms with Gasteiger partial charge in [-0.1, -0.05) is 24.3 Å². The van der Waals surface area contributed by atoms with Gasteiger partial charge in [0.1, 0.15) is 5.75 Å². The summed E-state index contributed by atoms with van der Waals surface area (Å²) in [6.07, 6.45) is 2.45. The minimum absolute atomic E-state index is 0.0481. The zero-order valence-electron chi connectivity index (χ0n) is 15.6. The van der Waals surface area contributed by atoms with Crippen LogP contribution < -0.4 is 14.8 Å². The monoisotopic (exact) mass is 424 g/mol. The Kier molecular flexibility index (Phi) is 6.81. The number of sulfonamides is 1. The van der Waals surface area contributed by atoms with Crippen molar-refractivity contribution in [2.24, 2.45) is 0 Å². The summed E-state index contributed by atoms with van der Waals surface area (Å²) in [5.74, 6) is -0.0870. The van der Waals surface area contributed by atoms with Crippen LogP contribution in [-0.2, 0) is 27.8 Å². The zero-order chi connectivity index (χ0) is 20.9. The average molecular weight is 424 g/mol. The number of alkyl halides is 2. The highest BCUT2D eigenvalue weighted by Crippen LogP contribution is 2.22. The molecule has 0 heterocycles. The summed E-state index contributed by atoms with van der Waals surface area (Å²) < 4.78 is 55.4. The molecule has 1 saturated carbocycles. The van der Waals surface area contributed by atoms with Crippen LogP contribution in [0.25, 0.3) is 0 Å². The topological polar surface area (TPSA) is 84.5 Å². The van der Waals surface area contributed by atoms with Crippen molar-refractivity contribution in [2.75, 3.05) is 0 Å². The number of benzene rings is 2. The maximum atomic E-state index is 12.1. The number of carbonyl (C=O) groups is 1. The molecule has 6 nitrogen and oxygen atoms in total. The van der Waals surface area contributed by atoms with Gasteiger partial charge >= 0.3 is 6.61 Å². The van der Waals surface area contributed by atoms with Gasteiger partial charge in [0.15, 0.2) is 0 Å². The smallest absolute Gasteiger partial charge is 0.387 e. The highest BCUT2D eigenvalue weighted by atomic mass is 32.2. The Balaban J connectivity index is 1.43. The highest BCUT2D eigenvalue weighted by molar-refractivity contribution is 7.89. The van der Waals surface area contributed by atoms with E-state index >= 15 is 0 Å². The number of nitrogens with one attached hydrogen (secondary N) is 2. The fourth-order valence-corrected chi connectivity index (χ4v) is 3.96. The van der Waals surface area contributed by atoms with Gasteiger partial charge in [-0.05, 0) is 54.7 Å². The number of amides is 1. The first-order valence-corrected chi connectivity index (χ1v) is 10.7. The van der Waals surface area contributed by atoms with Crippen LogP contribution in [0.4, 0.5) is 8.78 Å². The Morgan fingerprint density at radius 2 is 1.66 bits per heavy atom. The molecule has 2 aromatic carbocycles. The lowest BCUT2D eigenvalue weighted by atomic mass is 10.1. The average Bonchev–Trinajstić information content (AvgIpc) is 3.49. The van der Waals surface area contributed by atoms with E-state index in [1.165, 1.54) is 24.3 Å². The second-order valence-corrected chi connectivity index (χ2v) is 8.55. The predicted octanol–water partition coefficient (Wildman–Crippen LogP) is 2.98. The lowest BCUT2D eigenvalue weighted by Gasteiger charge is -2.08. The molecule has 0 saturated heterocycles. The highest BCUT2D eigenvalue weighted by Gasteiger charge is 2.27. The lowest BCUT2D eigenvalue weighted by molar-refractivity contribution is -0.121. The Hall–Kier alpha value is -2.52. The fraction of sp³-hybridized carbons (Fsp3) is 0.350. The standard InChI is InChI=1S/C20H22F2N2O4S/c21-20(22)28-17-8-1-14(2-9-17)5-12-19(25)23-13-15-3-10-18(11-4-15)29(26,27)24-16-6-7-16/h1-4,8-11,16,20,24H,5-7,12-13H2,(H,23,25). The van der Waals surface area contributed by atoms with Crippen molar-refractivity contribution in [1.29, 1.82) is 0 Å². The van der Waals surface area contributed by atoms with E-state index in [1.807, 2.05) is 0 Å². The normalized spacial score (nSPS) is 14.0. The molecular weight excluding hydrogens is 402 g/mol. The Bertz CT molecular complexity index is 928. The summed E-state index contributed by atoms with van der Waals surface area (Å²) in [6.45, 7) is -2.58. The largest absolute Gasteiger partial charge is 0.435 e. The van der Waals surface area contributed by atoms with Gasteiger partial charge in [-0.15, -0.1) is 0 Å². The Morgan fingerprint density at radius 1 is 1.03 bits per heavy atom. The SMILES string of the molecule is O=C(CCc1ccc(OC(F)F)cc1)NCc1ccc(S(=O)(=O)NC2CC2)cc1. The summed E-state index contributed by atoms with van der Waals surface area (Å²) in [5, 5.41) is 2.78. The second-order valence-electron chi connectivity index (χ2n) is 6.84. The van der Waals surface area contributed by atoms with Gasteiger partial charge < -0.3 is 10.1 Å². The number of rotatable bonds is 10. The van der Waals surface area contributed by atoms with Gasteiger partial charge in [0.25, 0.3) is 0 Å². The maximum Gasteiger partial charge on any atom is 0.387 e. The third kappa shape index (κ3) is 6.79. The molecule has 0 aromatic heterocycles. The van der Waals surface area contributed by atoms with E-state index < -0.39 is 16.6 Å². The molecular formula is C20H22F2N2O4S. The molecule has 1 amide bonds. The molecule has 0 unspecified atom stereocenters. The van der Waals surface area contributed by atoms with Crippen molar-refractivity contribution in [3.63, 3.8) is 0 Å². The Morgan fingerprint density at radius 3 is 2.24 bits per heavy atom. The third-order valence-corrected chi connectivity index (χ3v) is 5.95. The first-order valence-electron chi connectivity index (χ1n) is 9.23. The van der Waals surface area contributed by atoms with E-state index in [-0.39, 0.29) is 35.6 Å². The fourth-order valence-electron chi connectivity index (χ4n) is 2.66. The Labute approximate surface area is 168 Å². The molecule has 0 spiro atoms. The van der Waals surface area contributed by atoms with Gasteiger partial charge in [-0.3, -0.25) is 4.79 Å².